The first-order chi connectivity index (χ1) is 9.09. The lowest BCUT2D eigenvalue weighted by atomic mass is 9.78. The summed E-state index contributed by atoms with van der Waals surface area (Å²) in [5.41, 5.74) is 0.125. The number of hydrogen-bond acceptors (Lipinski definition) is 4. The van der Waals surface area contributed by atoms with E-state index in [0.29, 0.717) is 11.4 Å². The van der Waals surface area contributed by atoms with Gasteiger partial charge in [-0.25, -0.2) is 4.98 Å². The van der Waals surface area contributed by atoms with Crippen molar-refractivity contribution in [2.75, 3.05) is 13.2 Å². The zero-order valence-electron chi connectivity index (χ0n) is 10.6. The molecular formula is C14H16ClNO2S. The second-order valence-corrected chi connectivity index (χ2v) is 6.39. The fourth-order valence-electron chi connectivity index (χ4n) is 2.09. The largest absolute Gasteiger partial charge is 0.395 e. The molecule has 0 bridgehead atoms. The number of rotatable bonds is 5. The first kappa shape index (κ1) is 14.5. The second-order valence-electron chi connectivity index (χ2n) is 4.63. The number of aliphatic hydroxyl groups is 2. The second kappa shape index (κ2) is 6.01. The molecule has 1 heterocycles. The molecule has 1 aromatic heterocycles. The highest BCUT2D eigenvalue weighted by Gasteiger charge is 2.32. The normalized spacial score (nSPS) is 11.8. The molecular weight excluding hydrogens is 282 g/mol. The standard InChI is InChI=1S/C14H16ClNO2S/c1-10-16-7-13(19-10)6-14(8-17,9-18)11-3-2-4-12(15)5-11/h2-5,7,17-18H,6,8-9H2,1H3. The maximum atomic E-state index is 9.77. The van der Waals surface area contributed by atoms with Gasteiger partial charge in [0.2, 0.25) is 0 Å². The van der Waals surface area contributed by atoms with Gasteiger partial charge in [0.25, 0.3) is 0 Å². The molecule has 0 amide bonds. The zero-order chi connectivity index (χ0) is 13.9. The van der Waals surface area contributed by atoms with Gasteiger partial charge >= 0.3 is 0 Å². The van der Waals surface area contributed by atoms with Gasteiger partial charge in [-0.2, -0.15) is 0 Å². The predicted octanol–water partition coefficient (Wildman–Crippen LogP) is 2.57. The van der Waals surface area contributed by atoms with E-state index in [1.54, 1.807) is 29.7 Å². The van der Waals surface area contributed by atoms with Crippen LogP contribution in [0.2, 0.25) is 5.02 Å². The lowest BCUT2D eigenvalue weighted by Crippen LogP contribution is -2.37. The van der Waals surface area contributed by atoms with E-state index in [1.165, 1.54) is 0 Å². The zero-order valence-corrected chi connectivity index (χ0v) is 12.2. The van der Waals surface area contributed by atoms with Gasteiger partial charge in [-0.15, -0.1) is 11.3 Å². The van der Waals surface area contributed by atoms with Gasteiger partial charge in [-0.3, -0.25) is 0 Å². The summed E-state index contributed by atoms with van der Waals surface area (Å²) in [5, 5.41) is 21.1. The molecule has 0 fully saturated rings. The summed E-state index contributed by atoms with van der Waals surface area (Å²) in [6.07, 6.45) is 2.34. The van der Waals surface area contributed by atoms with E-state index in [0.717, 1.165) is 15.4 Å². The summed E-state index contributed by atoms with van der Waals surface area (Å²) in [6, 6.07) is 7.28. The molecule has 1 aromatic carbocycles. The molecule has 0 aliphatic heterocycles. The number of aliphatic hydroxyl groups excluding tert-OH is 2. The number of thiazole rings is 1. The molecule has 0 atom stereocenters. The lowest BCUT2D eigenvalue weighted by Gasteiger charge is -2.30. The third-order valence-corrected chi connectivity index (χ3v) is 4.37. The summed E-state index contributed by atoms with van der Waals surface area (Å²) in [4.78, 5) is 5.25. The van der Waals surface area contributed by atoms with Crippen LogP contribution in [0.15, 0.2) is 30.5 Å². The van der Waals surface area contributed by atoms with E-state index in [2.05, 4.69) is 4.98 Å². The van der Waals surface area contributed by atoms with Crippen molar-refractivity contribution < 1.29 is 10.2 Å². The van der Waals surface area contributed by atoms with Gasteiger partial charge in [0.1, 0.15) is 0 Å². The molecule has 0 radical (unpaired) electrons. The minimum Gasteiger partial charge on any atom is -0.395 e. The van der Waals surface area contributed by atoms with Gasteiger partial charge < -0.3 is 10.2 Å². The highest BCUT2D eigenvalue weighted by atomic mass is 35.5. The maximum absolute atomic E-state index is 9.77. The molecule has 0 saturated carbocycles. The van der Waals surface area contributed by atoms with Gasteiger partial charge in [0, 0.05) is 21.5 Å². The Balaban J connectivity index is 2.37. The fraction of sp³-hybridized carbons (Fsp3) is 0.357. The number of aromatic nitrogens is 1. The van der Waals surface area contributed by atoms with Crippen molar-refractivity contribution in [1.82, 2.24) is 4.98 Å². The number of halogens is 1. The van der Waals surface area contributed by atoms with Gasteiger partial charge in [-0.05, 0) is 31.0 Å². The van der Waals surface area contributed by atoms with Crippen LogP contribution >= 0.6 is 22.9 Å². The Bertz CT molecular complexity index is 552. The molecule has 102 valence electrons. The number of aryl methyl sites for hydroxylation is 1. The SMILES string of the molecule is Cc1ncc(CC(CO)(CO)c2cccc(Cl)c2)s1. The predicted molar refractivity (Wildman–Crippen MR) is 77.9 cm³/mol. The molecule has 0 saturated heterocycles. The van der Waals surface area contributed by atoms with E-state index in [9.17, 15) is 10.2 Å². The Morgan fingerprint density at radius 2 is 2.05 bits per heavy atom. The van der Waals surface area contributed by atoms with Crippen molar-refractivity contribution in [2.45, 2.75) is 18.8 Å². The topological polar surface area (TPSA) is 53.4 Å². The average molecular weight is 298 g/mol. The quantitative estimate of drug-likeness (QED) is 0.892. The van der Waals surface area contributed by atoms with Gasteiger partial charge in [0.05, 0.1) is 18.2 Å². The molecule has 2 rings (SSSR count). The van der Waals surface area contributed by atoms with Crippen LogP contribution in [0.3, 0.4) is 0 Å². The molecule has 0 unspecified atom stereocenters. The van der Waals surface area contributed by atoms with Crippen LogP contribution in [0.25, 0.3) is 0 Å². The highest BCUT2D eigenvalue weighted by Crippen LogP contribution is 2.31. The Labute approximate surface area is 121 Å². The molecule has 2 N–H and O–H groups in total. The third kappa shape index (κ3) is 3.15. The van der Waals surface area contributed by atoms with Crippen molar-refractivity contribution in [3.05, 3.63) is 50.9 Å². The van der Waals surface area contributed by atoms with Gasteiger partial charge in [0.15, 0.2) is 0 Å². The molecule has 3 nitrogen and oxygen atoms in total. The Morgan fingerprint density at radius 3 is 2.58 bits per heavy atom. The maximum Gasteiger partial charge on any atom is 0.0896 e. The minimum atomic E-state index is -0.718. The van der Waals surface area contributed by atoms with E-state index in [-0.39, 0.29) is 13.2 Å². The monoisotopic (exact) mass is 297 g/mol. The smallest absolute Gasteiger partial charge is 0.0896 e. The van der Waals surface area contributed by atoms with Crippen molar-refractivity contribution in [3.63, 3.8) is 0 Å². The summed E-state index contributed by atoms with van der Waals surface area (Å²) >= 11 is 7.58. The molecule has 2 aromatic rings. The Kier molecular flexibility index (Phi) is 4.58. The van der Waals surface area contributed by atoms with Crippen LogP contribution in [0.1, 0.15) is 15.4 Å². The number of nitrogens with zero attached hydrogens (tertiary/aromatic N) is 1. The highest BCUT2D eigenvalue weighted by molar-refractivity contribution is 7.11. The van der Waals surface area contributed by atoms with Crippen molar-refractivity contribution >= 4 is 22.9 Å². The first-order valence-corrected chi connectivity index (χ1v) is 7.18. The van der Waals surface area contributed by atoms with Crippen LogP contribution in [0.5, 0.6) is 0 Å². The third-order valence-electron chi connectivity index (χ3n) is 3.22. The Morgan fingerprint density at radius 1 is 1.32 bits per heavy atom. The lowest BCUT2D eigenvalue weighted by molar-refractivity contribution is 0.117. The van der Waals surface area contributed by atoms with E-state index in [4.69, 9.17) is 11.6 Å². The molecule has 0 aliphatic carbocycles. The van der Waals surface area contributed by atoms with Crippen molar-refractivity contribution in [2.24, 2.45) is 0 Å². The fourth-order valence-corrected chi connectivity index (χ4v) is 3.21. The minimum absolute atomic E-state index is 0.138. The van der Waals surface area contributed by atoms with Gasteiger partial charge in [-0.1, -0.05) is 23.7 Å². The summed E-state index contributed by atoms with van der Waals surface area (Å²) in [6.45, 7) is 1.66. The molecule has 5 heteroatoms. The van der Waals surface area contributed by atoms with Crippen LogP contribution in [-0.2, 0) is 11.8 Å². The van der Waals surface area contributed by atoms with Crippen LogP contribution in [0, 0.1) is 6.92 Å². The number of benzene rings is 1. The summed E-state index contributed by atoms with van der Waals surface area (Å²) < 4.78 is 0. The van der Waals surface area contributed by atoms with Crippen LogP contribution in [-0.4, -0.2) is 28.4 Å². The first-order valence-electron chi connectivity index (χ1n) is 5.99. The van der Waals surface area contributed by atoms with Crippen molar-refractivity contribution in [1.29, 1.82) is 0 Å². The van der Waals surface area contributed by atoms with Crippen LogP contribution < -0.4 is 0 Å². The Hall–Kier alpha value is -0.940. The molecule has 19 heavy (non-hydrogen) atoms. The van der Waals surface area contributed by atoms with E-state index < -0.39 is 5.41 Å². The summed E-state index contributed by atoms with van der Waals surface area (Å²) in [5.74, 6) is 0. The van der Waals surface area contributed by atoms with E-state index >= 15 is 0 Å². The average Bonchev–Trinajstić information content (AvgIpc) is 2.81. The number of hydrogen-bond donors (Lipinski definition) is 2. The van der Waals surface area contributed by atoms with E-state index in [1.807, 2.05) is 19.1 Å². The molecule has 0 spiro atoms. The van der Waals surface area contributed by atoms with Crippen LogP contribution in [0.4, 0.5) is 0 Å². The van der Waals surface area contributed by atoms with Crippen molar-refractivity contribution in [3.8, 4) is 0 Å². The molecule has 0 aliphatic rings. The summed E-state index contributed by atoms with van der Waals surface area (Å²) in [7, 11) is 0.